The van der Waals surface area contributed by atoms with E-state index < -0.39 is 0 Å². The highest BCUT2D eigenvalue weighted by Gasteiger charge is 2.18. The highest BCUT2D eigenvalue weighted by molar-refractivity contribution is 5.92. The summed E-state index contributed by atoms with van der Waals surface area (Å²) in [5.74, 6) is 0.425. The van der Waals surface area contributed by atoms with E-state index >= 15 is 0 Å². The molecule has 1 N–H and O–H groups in total. The number of piperidine rings is 1. The summed E-state index contributed by atoms with van der Waals surface area (Å²) in [4.78, 5) is 14.5. The quantitative estimate of drug-likeness (QED) is 0.915. The van der Waals surface area contributed by atoms with Crippen LogP contribution < -0.4 is 5.32 Å². The number of hydrogen-bond acceptors (Lipinski definition) is 4. The molecule has 24 heavy (non-hydrogen) atoms. The van der Waals surface area contributed by atoms with Crippen molar-refractivity contribution in [1.82, 2.24) is 15.4 Å². The van der Waals surface area contributed by atoms with Crippen LogP contribution >= 0.6 is 0 Å². The third kappa shape index (κ3) is 4.23. The molecule has 2 heterocycles. The number of nitrogens with zero attached hydrogens (tertiary/aromatic N) is 2. The van der Waals surface area contributed by atoms with Crippen molar-refractivity contribution in [2.24, 2.45) is 0 Å². The summed E-state index contributed by atoms with van der Waals surface area (Å²) in [7, 11) is 0. The van der Waals surface area contributed by atoms with E-state index in [1.165, 1.54) is 31.4 Å². The molecule has 1 fully saturated rings. The Bertz CT molecular complexity index is 678. The van der Waals surface area contributed by atoms with Crippen molar-refractivity contribution in [1.29, 1.82) is 0 Å². The summed E-state index contributed by atoms with van der Waals surface area (Å²) in [5, 5.41) is 6.59. The van der Waals surface area contributed by atoms with Gasteiger partial charge in [0.05, 0.1) is 0 Å². The maximum atomic E-state index is 12.0. The third-order valence-corrected chi connectivity index (χ3v) is 4.66. The molecular weight excluding hydrogens is 302 g/mol. The van der Waals surface area contributed by atoms with Gasteiger partial charge in [0.2, 0.25) is 0 Å². The average Bonchev–Trinajstić information content (AvgIpc) is 3.03. The van der Waals surface area contributed by atoms with Gasteiger partial charge in [-0.1, -0.05) is 35.8 Å². The fourth-order valence-corrected chi connectivity index (χ4v) is 3.14. The smallest absolute Gasteiger partial charge is 0.273 e. The summed E-state index contributed by atoms with van der Waals surface area (Å²) >= 11 is 0. The van der Waals surface area contributed by atoms with Crippen LogP contribution in [0.15, 0.2) is 34.9 Å². The Morgan fingerprint density at radius 1 is 1.29 bits per heavy atom. The molecule has 0 bridgehead atoms. The Balaban J connectivity index is 1.51. The summed E-state index contributed by atoms with van der Waals surface area (Å²) < 4.78 is 4.92. The van der Waals surface area contributed by atoms with Crippen molar-refractivity contribution >= 4 is 5.91 Å². The number of benzene rings is 1. The lowest BCUT2D eigenvalue weighted by Crippen LogP contribution is -2.36. The Labute approximate surface area is 143 Å². The second-order valence-corrected chi connectivity index (χ2v) is 6.64. The number of carbonyl (C=O) groups excluding carboxylic acids is 1. The van der Waals surface area contributed by atoms with E-state index in [0.717, 1.165) is 12.1 Å². The van der Waals surface area contributed by atoms with E-state index in [9.17, 15) is 4.79 Å². The molecule has 5 heteroatoms. The zero-order valence-electron chi connectivity index (χ0n) is 14.4. The van der Waals surface area contributed by atoms with Gasteiger partial charge >= 0.3 is 0 Å². The van der Waals surface area contributed by atoms with Crippen LogP contribution in [-0.4, -0.2) is 28.6 Å². The van der Waals surface area contributed by atoms with Crippen LogP contribution in [-0.2, 0) is 13.1 Å². The first kappa shape index (κ1) is 16.7. The monoisotopic (exact) mass is 327 g/mol. The molecule has 2 aromatic rings. The molecule has 3 rings (SSSR count). The Morgan fingerprint density at radius 2 is 2.04 bits per heavy atom. The second kappa shape index (κ2) is 7.62. The molecule has 0 aliphatic carbocycles. The molecule has 0 spiro atoms. The third-order valence-electron chi connectivity index (χ3n) is 4.66. The van der Waals surface area contributed by atoms with E-state index in [2.05, 4.69) is 46.6 Å². The number of aryl methyl sites for hydroxylation is 1. The summed E-state index contributed by atoms with van der Waals surface area (Å²) in [6, 6.07) is 10.8. The highest BCUT2D eigenvalue weighted by Crippen LogP contribution is 2.19. The van der Waals surface area contributed by atoms with Crippen molar-refractivity contribution in [3.05, 3.63) is 52.9 Å². The first-order chi connectivity index (χ1) is 11.6. The minimum atomic E-state index is -0.210. The van der Waals surface area contributed by atoms with Crippen LogP contribution in [0.4, 0.5) is 0 Å². The van der Waals surface area contributed by atoms with Crippen LogP contribution in [0.1, 0.15) is 53.6 Å². The van der Waals surface area contributed by atoms with Gasteiger partial charge in [-0.3, -0.25) is 9.69 Å². The summed E-state index contributed by atoms with van der Waals surface area (Å²) in [6.45, 7) is 6.77. The minimum absolute atomic E-state index is 0.210. The van der Waals surface area contributed by atoms with Gasteiger partial charge in [-0.25, -0.2) is 0 Å². The van der Waals surface area contributed by atoms with Gasteiger partial charge in [0.1, 0.15) is 5.76 Å². The number of nitrogens with one attached hydrogen (secondary N) is 1. The van der Waals surface area contributed by atoms with Crippen LogP contribution in [0.25, 0.3) is 0 Å². The minimum Gasteiger partial charge on any atom is -0.361 e. The van der Waals surface area contributed by atoms with Gasteiger partial charge in [-0.05, 0) is 44.4 Å². The Kier molecular flexibility index (Phi) is 5.30. The van der Waals surface area contributed by atoms with Crippen molar-refractivity contribution < 1.29 is 9.32 Å². The zero-order valence-corrected chi connectivity index (χ0v) is 14.4. The largest absolute Gasteiger partial charge is 0.361 e. The first-order valence-electron chi connectivity index (χ1n) is 8.65. The van der Waals surface area contributed by atoms with E-state index in [-0.39, 0.29) is 5.91 Å². The van der Waals surface area contributed by atoms with Gasteiger partial charge < -0.3 is 9.84 Å². The van der Waals surface area contributed by atoms with Crippen molar-refractivity contribution in [2.75, 3.05) is 6.54 Å². The predicted octanol–water partition coefficient (Wildman–Crippen LogP) is 3.29. The van der Waals surface area contributed by atoms with E-state index in [1.807, 2.05) is 0 Å². The fourth-order valence-electron chi connectivity index (χ4n) is 3.14. The maximum Gasteiger partial charge on any atom is 0.273 e. The van der Waals surface area contributed by atoms with Crippen LogP contribution in [0, 0.1) is 6.92 Å². The van der Waals surface area contributed by atoms with Crippen LogP contribution in [0.5, 0.6) is 0 Å². The molecule has 1 saturated heterocycles. The molecule has 0 radical (unpaired) electrons. The number of hydrogen-bond donors (Lipinski definition) is 1. The van der Waals surface area contributed by atoms with Gasteiger partial charge in [0.15, 0.2) is 5.69 Å². The summed E-state index contributed by atoms with van der Waals surface area (Å²) in [6.07, 6.45) is 3.95. The molecule has 128 valence electrons. The maximum absolute atomic E-state index is 12.0. The van der Waals surface area contributed by atoms with Crippen molar-refractivity contribution in [3.8, 4) is 0 Å². The molecular formula is C19H25N3O2. The van der Waals surface area contributed by atoms with E-state index in [4.69, 9.17) is 4.52 Å². The van der Waals surface area contributed by atoms with Crippen molar-refractivity contribution in [3.63, 3.8) is 0 Å². The zero-order chi connectivity index (χ0) is 16.9. The van der Waals surface area contributed by atoms with Gasteiger partial charge in [-0.15, -0.1) is 0 Å². The van der Waals surface area contributed by atoms with E-state index in [1.54, 1.807) is 13.0 Å². The Morgan fingerprint density at radius 3 is 2.71 bits per heavy atom. The predicted molar refractivity (Wildman–Crippen MR) is 92.6 cm³/mol. The average molecular weight is 327 g/mol. The van der Waals surface area contributed by atoms with Crippen LogP contribution in [0.2, 0.25) is 0 Å². The number of likely N-dealkylation sites (tertiary alicyclic amines) is 1. The number of aromatic nitrogens is 1. The lowest BCUT2D eigenvalue weighted by Gasteiger charge is -2.33. The van der Waals surface area contributed by atoms with Gasteiger partial charge in [0, 0.05) is 25.2 Å². The SMILES string of the molecule is Cc1cc(C(=O)NCc2ccc(CN3CCCCC3C)cc2)no1. The van der Waals surface area contributed by atoms with Crippen molar-refractivity contribution in [2.45, 2.75) is 52.2 Å². The topological polar surface area (TPSA) is 58.4 Å². The van der Waals surface area contributed by atoms with Gasteiger partial charge in [0.25, 0.3) is 5.91 Å². The molecule has 1 amide bonds. The molecule has 5 nitrogen and oxygen atoms in total. The fraction of sp³-hybridized carbons (Fsp3) is 0.474. The molecule has 1 aliphatic rings. The number of amides is 1. The second-order valence-electron chi connectivity index (χ2n) is 6.64. The lowest BCUT2D eigenvalue weighted by molar-refractivity contribution is 0.0942. The van der Waals surface area contributed by atoms with E-state index in [0.29, 0.717) is 24.0 Å². The normalized spacial score (nSPS) is 18.5. The summed E-state index contributed by atoms with van der Waals surface area (Å²) in [5.41, 5.74) is 2.73. The molecule has 1 aliphatic heterocycles. The molecule has 1 aromatic heterocycles. The lowest BCUT2D eigenvalue weighted by atomic mass is 10.0. The molecule has 1 unspecified atom stereocenters. The highest BCUT2D eigenvalue weighted by atomic mass is 16.5. The number of rotatable bonds is 5. The number of carbonyl (C=O) groups is 1. The molecule has 1 atom stereocenters. The van der Waals surface area contributed by atoms with Gasteiger partial charge in [-0.2, -0.15) is 0 Å². The first-order valence-corrected chi connectivity index (χ1v) is 8.65. The van der Waals surface area contributed by atoms with Crippen LogP contribution in [0.3, 0.4) is 0 Å². The standard InChI is InChI=1S/C19H25N3O2/c1-14-5-3-4-10-22(14)13-17-8-6-16(7-9-17)12-20-19(23)18-11-15(2)24-21-18/h6-9,11,14H,3-5,10,12-13H2,1-2H3,(H,20,23). The molecule has 0 saturated carbocycles. The Hall–Kier alpha value is -2.14. The molecule has 1 aromatic carbocycles.